The zero-order chi connectivity index (χ0) is 16.2. The van der Waals surface area contributed by atoms with Crippen molar-refractivity contribution in [3.8, 4) is 0 Å². The second-order valence-electron chi connectivity index (χ2n) is 5.36. The van der Waals surface area contributed by atoms with Gasteiger partial charge in [0.1, 0.15) is 5.82 Å². The maximum atomic E-state index is 4.60. The third-order valence-electron chi connectivity index (χ3n) is 3.31. The Hall–Kier alpha value is -2.34. The van der Waals surface area contributed by atoms with E-state index >= 15 is 0 Å². The van der Waals surface area contributed by atoms with Crippen molar-refractivity contribution in [3.63, 3.8) is 0 Å². The van der Waals surface area contributed by atoms with Gasteiger partial charge < -0.3 is 5.32 Å². The van der Waals surface area contributed by atoms with Gasteiger partial charge in [-0.25, -0.2) is 9.97 Å². The summed E-state index contributed by atoms with van der Waals surface area (Å²) in [5, 5.41) is 11.1. The molecule has 0 aliphatic rings. The number of H-pyrrole nitrogens is 1. The first-order valence-electron chi connectivity index (χ1n) is 7.54. The number of nitrogens with one attached hydrogen (secondary N) is 2. The second kappa shape index (κ2) is 6.83. The lowest BCUT2D eigenvalue weighted by Gasteiger charge is -2.07. The molecule has 6 heteroatoms. The lowest BCUT2D eigenvalue weighted by molar-refractivity contribution is 0.893. The van der Waals surface area contributed by atoms with E-state index in [9.17, 15) is 0 Å². The molecule has 0 radical (unpaired) electrons. The van der Waals surface area contributed by atoms with Gasteiger partial charge >= 0.3 is 0 Å². The first-order valence-corrected chi connectivity index (χ1v) is 8.35. The Labute approximate surface area is 140 Å². The van der Waals surface area contributed by atoms with Gasteiger partial charge in [0.15, 0.2) is 11.0 Å². The lowest BCUT2D eigenvalue weighted by atomic mass is 10.2. The van der Waals surface area contributed by atoms with E-state index in [2.05, 4.69) is 63.6 Å². The van der Waals surface area contributed by atoms with Gasteiger partial charge in [-0.2, -0.15) is 5.10 Å². The van der Waals surface area contributed by atoms with Crippen LogP contribution in [0.5, 0.6) is 0 Å². The van der Waals surface area contributed by atoms with Crippen molar-refractivity contribution >= 4 is 23.4 Å². The Morgan fingerprint density at radius 1 is 1.04 bits per heavy atom. The first kappa shape index (κ1) is 15.6. The minimum atomic E-state index is 0.739. The van der Waals surface area contributed by atoms with E-state index in [-0.39, 0.29) is 0 Å². The number of hydrogen-bond donors (Lipinski definition) is 2. The predicted octanol–water partition coefficient (Wildman–Crippen LogP) is 4.27. The lowest BCUT2D eigenvalue weighted by Crippen LogP contribution is -2.00. The highest BCUT2D eigenvalue weighted by atomic mass is 32.2. The molecule has 3 rings (SSSR count). The SMILES string of the molecule is CCc1cc(Nc2cc(C)[nH]n2)nc(Sc2ccc(C)cc2)n1. The highest BCUT2D eigenvalue weighted by Gasteiger charge is 2.07. The maximum Gasteiger partial charge on any atom is 0.194 e. The molecule has 0 atom stereocenters. The Bertz CT molecular complexity index is 795. The fourth-order valence-electron chi connectivity index (χ4n) is 2.09. The van der Waals surface area contributed by atoms with Crippen LogP contribution in [0.15, 0.2) is 46.5 Å². The third kappa shape index (κ3) is 4.10. The average molecular weight is 325 g/mol. The van der Waals surface area contributed by atoms with Crippen LogP contribution in [-0.4, -0.2) is 20.2 Å². The summed E-state index contributed by atoms with van der Waals surface area (Å²) in [5.41, 5.74) is 3.25. The Kier molecular flexibility index (Phi) is 4.62. The fraction of sp³-hybridized carbons (Fsp3) is 0.235. The molecule has 2 aromatic heterocycles. The molecule has 0 saturated heterocycles. The Balaban J connectivity index is 1.84. The molecule has 118 valence electrons. The van der Waals surface area contributed by atoms with Gasteiger partial charge in [-0.05, 0) is 44.2 Å². The van der Waals surface area contributed by atoms with E-state index in [1.807, 2.05) is 19.1 Å². The summed E-state index contributed by atoms with van der Waals surface area (Å²) < 4.78 is 0. The van der Waals surface area contributed by atoms with Crippen LogP contribution in [0.25, 0.3) is 0 Å². The molecule has 3 aromatic rings. The molecule has 23 heavy (non-hydrogen) atoms. The zero-order valence-electron chi connectivity index (χ0n) is 13.4. The van der Waals surface area contributed by atoms with Gasteiger partial charge in [-0.1, -0.05) is 24.6 Å². The number of anilines is 2. The number of aromatic amines is 1. The number of aryl methyl sites for hydroxylation is 3. The molecule has 0 aliphatic carbocycles. The normalized spacial score (nSPS) is 10.7. The van der Waals surface area contributed by atoms with Crippen molar-refractivity contribution in [1.82, 2.24) is 20.2 Å². The molecule has 0 fully saturated rings. The van der Waals surface area contributed by atoms with Gasteiger partial charge in [0.05, 0.1) is 0 Å². The van der Waals surface area contributed by atoms with Gasteiger partial charge in [0.25, 0.3) is 0 Å². The molecule has 0 amide bonds. The monoisotopic (exact) mass is 325 g/mol. The standard InChI is InChI=1S/C17H19N5S/c1-4-13-10-15(19-16-9-12(3)21-22-16)20-17(18-13)23-14-7-5-11(2)6-8-14/h5-10H,4H2,1-3H3,(H2,18,19,20,21,22). The molecule has 0 saturated carbocycles. The van der Waals surface area contributed by atoms with Crippen molar-refractivity contribution in [2.45, 2.75) is 37.2 Å². The van der Waals surface area contributed by atoms with E-state index in [1.54, 1.807) is 11.8 Å². The number of aromatic nitrogens is 4. The van der Waals surface area contributed by atoms with E-state index < -0.39 is 0 Å². The largest absolute Gasteiger partial charge is 0.323 e. The summed E-state index contributed by atoms with van der Waals surface area (Å²) in [6, 6.07) is 12.3. The Morgan fingerprint density at radius 3 is 2.48 bits per heavy atom. The van der Waals surface area contributed by atoms with Gasteiger partial charge in [-0.3, -0.25) is 5.10 Å². The first-order chi connectivity index (χ1) is 11.1. The Morgan fingerprint density at radius 2 is 1.83 bits per heavy atom. The van der Waals surface area contributed by atoms with Crippen LogP contribution in [0.1, 0.15) is 23.9 Å². The average Bonchev–Trinajstić information content (AvgIpc) is 2.94. The summed E-state index contributed by atoms with van der Waals surface area (Å²) in [7, 11) is 0. The summed E-state index contributed by atoms with van der Waals surface area (Å²) in [5.74, 6) is 1.52. The summed E-state index contributed by atoms with van der Waals surface area (Å²) >= 11 is 1.57. The molecule has 2 heterocycles. The topological polar surface area (TPSA) is 66.5 Å². The van der Waals surface area contributed by atoms with Crippen LogP contribution in [0, 0.1) is 13.8 Å². The number of rotatable bonds is 5. The number of nitrogens with zero attached hydrogens (tertiary/aromatic N) is 3. The number of benzene rings is 1. The smallest absolute Gasteiger partial charge is 0.194 e. The van der Waals surface area contributed by atoms with Crippen LogP contribution in [0.3, 0.4) is 0 Å². The fourth-order valence-corrected chi connectivity index (χ4v) is 2.88. The molecule has 0 spiro atoms. The summed E-state index contributed by atoms with van der Waals surface area (Å²) in [4.78, 5) is 10.3. The van der Waals surface area contributed by atoms with Crippen molar-refractivity contribution in [3.05, 3.63) is 53.3 Å². The van der Waals surface area contributed by atoms with Crippen molar-refractivity contribution in [1.29, 1.82) is 0 Å². The quantitative estimate of drug-likeness (QED) is 0.686. The molecule has 0 bridgehead atoms. The molecule has 5 nitrogen and oxygen atoms in total. The van der Waals surface area contributed by atoms with E-state index in [0.717, 1.165) is 39.5 Å². The highest BCUT2D eigenvalue weighted by molar-refractivity contribution is 7.99. The molecular weight excluding hydrogens is 306 g/mol. The molecule has 0 unspecified atom stereocenters. The van der Waals surface area contributed by atoms with Crippen LogP contribution < -0.4 is 5.32 Å². The number of hydrogen-bond acceptors (Lipinski definition) is 5. The van der Waals surface area contributed by atoms with Crippen LogP contribution in [0.2, 0.25) is 0 Å². The summed E-state index contributed by atoms with van der Waals surface area (Å²) in [6.07, 6.45) is 0.859. The van der Waals surface area contributed by atoms with E-state index in [1.165, 1.54) is 5.56 Å². The van der Waals surface area contributed by atoms with Gasteiger partial charge in [-0.15, -0.1) is 0 Å². The van der Waals surface area contributed by atoms with Crippen molar-refractivity contribution in [2.24, 2.45) is 0 Å². The van der Waals surface area contributed by atoms with E-state index in [4.69, 9.17) is 0 Å². The maximum absolute atomic E-state index is 4.60. The van der Waals surface area contributed by atoms with E-state index in [0.29, 0.717) is 0 Å². The van der Waals surface area contributed by atoms with Crippen LogP contribution >= 0.6 is 11.8 Å². The molecule has 0 aliphatic heterocycles. The minimum Gasteiger partial charge on any atom is -0.323 e. The minimum absolute atomic E-state index is 0.739. The van der Waals surface area contributed by atoms with Crippen LogP contribution in [-0.2, 0) is 6.42 Å². The predicted molar refractivity (Wildman–Crippen MR) is 93.3 cm³/mol. The zero-order valence-corrected chi connectivity index (χ0v) is 14.2. The van der Waals surface area contributed by atoms with Crippen molar-refractivity contribution in [2.75, 3.05) is 5.32 Å². The van der Waals surface area contributed by atoms with Crippen molar-refractivity contribution < 1.29 is 0 Å². The van der Waals surface area contributed by atoms with Gasteiger partial charge in [0, 0.05) is 28.4 Å². The second-order valence-corrected chi connectivity index (χ2v) is 6.40. The third-order valence-corrected chi connectivity index (χ3v) is 4.19. The molecule has 2 N–H and O–H groups in total. The molecular formula is C17H19N5S. The summed E-state index contributed by atoms with van der Waals surface area (Å²) in [6.45, 7) is 6.13. The molecule has 1 aromatic carbocycles. The highest BCUT2D eigenvalue weighted by Crippen LogP contribution is 2.27. The van der Waals surface area contributed by atoms with Gasteiger partial charge in [0.2, 0.25) is 0 Å². The van der Waals surface area contributed by atoms with Crippen LogP contribution in [0.4, 0.5) is 11.6 Å².